The van der Waals surface area contributed by atoms with Crippen LogP contribution in [0.3, 0.4) is 0 Å². The van der Waals surface area contributed by atoms with Crippen molar-refractivity contribution in [1.82, 2.24) is 4.90 Å². The van der Waals surface area contributed by atoms with Gasteiger partial charge in [-0.2, -0.15) is 0 Å². The number of ether oxygens (including phenoxy) is 1. The molecule has 1 rings (SSSR count). The number of amides is 1. The summed E-state index contributed by atoms with van der Waals surface area (Å²) in [6, 6.07) is 8.06. The van der Waals surface area contributed by atoms with Gasteiger partial charge in [-0.15, -0.1) is 0 Å². The number of rotatable bonds is 7. The number of para-hydroxylation sites is 1. The summed E-state index contributed by atoms with van der Waals surface area (Å²) in [7, 11) is 1.79. The van der Waals surface area contributed by atoms with E-state index in [2.05, 4.69) is 6.92 Å². The molecule has 1 amide bonds. The highest BCUT2D eigenvalue weighted by molar-refractivity contribution is 5.77. The fourth-order valence-electron chi connectivity index (χ4n) is 1.77. The third-order valence-corrected chi connectivity index (χ3v) is 3.50. The predicted molar refractivity (Wildman–Crippen MR) is 81.8 cm³/mol. The van der Waals surface area contributed by atoms with Crippen LogP contribution < -0.4 is 10.5 Å². The molecule has 0 aromatic heterocycles. The number of hydrogen-bond acceptors (Lipinski definition) is 3. The van der Waals surface area contributed by atoms with Crippen molar-refractivity contribution >= 4 is 5.91 Å². The molecule has 0 fully saturated rings. The Hall–Kier alpha value is -1.55. The Labute approximate surface area is 121 Å². The quantitative estimate of drug-likeness (QED) is 0.832. The molecule has 0 bridgehead atoms. The van der Waals surface area contributed by atoms with Crippen LogP contribution in [0, 0.1) is 0 Å². The van der Waals surface area contributed by atoms with Gasteiger partial charge in [0.15, 0.2) is 6.61 Å². The molecule has 0 saturated carbocycles. The number of nitrogens with two attached hydrogens (primary N) is 1. The van der Waals surface area contributed by atoms with Crippen LogP contribution >= 0.6 is 0 Å². The van der Waals surface area contributed by atoms with E-state index in [1.807, 2.05) is 38.1 Å². The van der Waals surface area contributed by atoms with Crippen LogP contribution in [0.4, 0.5) is 0 Å². The van der Waals surface area contributed by atoms with E-state index in [1.165, 1.54) is 0 Å². The minimum Gasteiger partial charge on any atom is -0.483 e. The smallest absolute Gasteiger partial charge is 0.260 e. The summed E-state index contributed by atoms with van der Waals surface area (Å²) in [4.78, 5) is 13.6. The second-order valence-electron chi connectivity index (χ2n) is 5.37. The molecule has 1 aromatic carbocycles. The van der Waals surface area contributed by atoms with Crippen molar-refractivity contribution in [3.63, 3.8) is 0 Å². The Morgan fingerprint density at radius 1 is 1.35 bits per heavy atom. The zero-order valence-corrected chi connectivity index (χ0v) is 12.9. The maximum absolute atomic E-state index is 11.9. The molecule has 0 aliphatic heterocycles. The average Bonchev–Trinajstić information content (AvgIpc) is 2.44. The van der Waals surface area contributed by atoms with Crippen molar-refractivity contribution in [3.05, 3.63) is 29.8 Å². The van der Waals surface area contributed by atoms with E-state index in [-0.39, 0.29) is 24.6 Å². The van der Waals surface area contributed by atoms with Crippen LogP contribution in [0.25, 0.3) is 0 Å². The molecule has 0 radical (unpaired) electrons. The summed E-state index contributed by atoms with van der Waals surface area (Å²) >= 11 is 0. The molecule has 1 aromatic rings. The van der Waals surface area contributed by atoms with Gasteiger partial charge in [0.1, 0.15) is 5.75 Å². The van der Waals surface area contributed by atoms with Crippen LogP contribution in [0.2, 0.25) is 0 Å². The lowest BCUT2D eigenvalue weighted by Crippen LogP contribution is -2.36. The van der Waals surface area contributed by atoms with Crippen molar-refractivity contribution in [2.24, 2.45) is 5.73 Å². The van der Waals surface area contributed by atoms with Crippen molar-refractivity contribution in [2.45, 2.75) is 45.7 Å². The Morgan fingerprint density at radius 2 is 2.00 bits per heavy atom. The average molecular weight is 278 g/mol. The van der Waals surface area contributed by atoms with E-state index >= 15 is 0 Å². The first-order valence-corrected chi connectivity index (χ1v) is 7.17. The Morgan fingerprint density at radius 3 is 2.60 bits per heavy atom. The zero-order chi connectivity index (χ0) is 15.1. The molecule has 0 saturated heterocycles. The van der Waals surface area contributed by atoms with Crippen molar-refractivity contribution < 1.29 is 9.53 Å². The summed E-state index contributed by atoms with van der Waals surface area (Å²) in [5, 5.41) is 0. The van der Waals surface area contributed by atoms with E-state index in [9.17, 15) is 4.79 Å². The van der Waals surface area contributed by atoms with E-state index < -0.39 is 0 Å². The molecule has 112 valence electrons. The standard InChI is InChI=1S/C16H26N2O2/c1-5-14(17)10-13-8-6-7-9-15(13)20-11-16(19)18(4)12(2)3/h6-9,12,14H,5,10-11,17H2,1-4H3. The van der Waals surface area contributed by atoms with E-state index in [1.54, 1.807) is 11.9 Å². The van der Waals surface area contributed by atoms with Crippen LogP contribution in [-0.2, 0) is 11.2 Å². The second kappa shape index (κ2) is 7.90. The van der Waals surface area contributed by atoms with Crippen LogP contribution in [-0.4, -0.2) is 36.5 Å². The van der Waals surface area contributed by atoms with Crippen LogP contribution in [0.15, 0.2) is 24.3 Å². The zero-order valence-electron chi connectivity index (χ0n) is 12.9. The monoisotopic (exact) mass is 278 g/mol. The number of carbonyl (C=O) groups excluding carboxylic acids is 1. The van der Waals surface area contributed by atoms with Gasteiger partial charge in [-0.3, -0.25) is 4.79 Å². The largest absolute Gasteiger partial charge is 0.483 e. The van der Waals surface area contributed by atoms with Gasteiger partial charge < -0.3 is 15.4 Å². The van der Waals surface area contributed by atoms with Crippen molar-refractivity contribution in [2.75, 3.05) is 13.7 Å². The minimum atomic E-state index is -0.0189. The van der Waals surface area contributed by atoms with Crippen molar-refractivity contribution in [3.8, 4) is 5.75 Å². The summed E-state index contributed by atoms with van der Waals surface area (Å²) in [6.07, 6.45) is 1.68. The number of carbonyl (C=O) groups is 1. The number of nitrogens with zero attached hydrogens (tertiary/aromatic N) is 1. The van der Waals surface area contributed by atoms with Gasteiger partial charge in [0.2, 0.25) is 0 Å². The highest BCUT2D eigenvalue weighted by Gasteiger charge is 2.14. The highest BCUT2D eigenvalue weighted by Crippen LogP contribution is 2.20. The number of benzene rings is 1. The molecule has 0 aliphatic carbocycles. The summed E-state index contributed by atoms with van der Waals surface area (Å²) < 4.78 is 5.67. The minimum absolute atomic E-state index is 0.0189. The predicted octanol–water partition coefficient (Wildman–Crippen LogP) is 2.21. The van der Waals surface area contributed by atoms with E-state index in [4.69, 9.17) is 10.5 Å². The van der Waals surface area contributed by atoms with Gasteiger partial charge in [0.05, 0.1) is 0 Å². The molecular formula is C16H26N2O2. The van der Waals surface area contributed by atoms with Gasteiger partial charge in [-0.1, -0.05) is 25.1 Å². The topological polar surface area (TPSA) is 55.6 Å². The molecular weight excluding hydrogens is 252 g/mol. The fourth-order valence-corrected chi connectivity index (χ4v) is 1.77. The maximum atomic E-state index is 11.9. The lowest BCUT2D eigenvalue weighted by molar-refractivity contribution is -0.133. The highest BCUT2D eigenvalue weighted by atomic mass is 16.5. The van der Waals surface area contributed by atoms with Crippen LogP contribution in [0.5, 0.6) is 5.75 Å². The van der Waals surface area contributed by atoms with Crippen LogP contribution in [0.1, 0.15) is 32.8 Å². The third-order valence-electron chi connectivity index (χ3n) is 3.50. The Bertz CT molecular complexity index is 432. The lowest BCUT2D eigenvalue weighted by atomic mass is 10.0. The third kappa shape index (κ3) is 4.85. The molecule has 4 heteroatoms. The maximum Gasteiger partial charge on any atom is 0.260 e. The number of hydrogen-bond donors (Lipinski definition) is 1. The first kappa shape index (κ1) is 16.5. The second-order valence-corrected chi connectivity index (χ2v) is 5.37. The summed E-state index contributed by atoms with van der Waals surface area (Å²) in [6.45, 7) is 6.08. The molecule has 0 aliphatic rings. The van der Waals surface area contributed by atoms with Gasteiger partial charge >= 0.3 is 0 Å². The molecule has 1 atom stereocenters. The molecule has 2 N–H and O–H groups in total. The molecule has 20 heavy (non-hydrogen) atoms. The lowest BCUT2D eigenvalue weighted by Gasteiger charge is -2.22. The SMILES string of the molecule is CCC(N)Cc1ccccc1OCC(=O)N(C)C(C)C. The van der Waals surface area contributed by atoms with Crippen molar-refractivity contribution in [1.29, 1.82) is 0 Å². The van der Waals surface area contributed by atoms with Gasteiger partial charge in [-0.25, -0.2) is 0 Å². The molecule has 0 spiro atoms. The van der Waals surface area contributed by atoms with Gasteiger partial charge in [0, 0.05) is 19.1 Å². The first-order valence-electron chi connectivity index (χ1n) is 7.17. The summed E-state index contributed by atoms with van der Waals surface area (Å²) in [5.74, 6) is 0.733. The van der Waals surface area contributed by atoms with E-state index in [0.29, 0.717) is 0 Å². The van der Waals surface area contributed by atoms with Gasteiger partial charge in [-0.05, 0) is 38.3 Å². The summed E-state index contributed by atoms with van der Waals surface area (Å²) in [5.41, 5.74) is 7.04. The molecule has 1 unspecified atom stereocenters. The first-order chi connectivity index (χ1) is 9.45. The fraction of sp³-hybridized carbons (Fsp3) is 0.562. The van der Waals surface area contributed by atoms with E-state index in [0.717, 1.165) is 24.2 Å². The van der Waals surface area contributed by atoms with Gasteiger partial charge in [0.25, 0.3) is 5.91 Å². The molecule has 0 heterocycles. The number of likely N-dealkylation sites (N-methyl/N-ethyl adjacent to an activating group) is 1. The Balaban J connectivity index is 2.66. The normalized spacial score (nSPS) is 12.3. The molecule has 4 nitrogen and oxygen atoms in total. The Kier molecular flexibility index (Phi) is 6.52.